The molecule has 4 heteroatoms. The summed E-state index contributed by atoms with van der Waals surface area (Å²) in [4.78, 5) is 6.41. The van der Waals surface area contributed by atoms with E-state index in [0.29, 0.717) is 12.1 Å². The molecule has 0 unspecified atom stereocenters. The summed E-state index contributed by atoms with van der Waals surface area (Å²) in [5, 5.41) is 22.2. The van der Waals surface area contributed by atoms with Crippen LogP contribution in [0.2, 0.25) is 0 Å². The van der Waals surface area contributed by atoms with Crippen molar-refractivity contribution in [1.82, 2.24) is 4.98 Å². The van der Waals surface area contributed by atoms with Crippen LogP contribution in [-0.2, 0) is 0 Å². The van der Waals surface area contributed by atoms with Crippen LogP contribution in [0.15, 0.2) is 60.8 Å². The number of pyridine rings is 1. The molecule has 1 saturated heterocycles. The van der Waals surface area contributed by atoms with Crippen molar-refractivity contribution in [3.05, 3.63) is 71.9 Å². The number of aliphatic hydroxyl groups excluding tert-OH is 1. The Balaban J connectivity index is 1.55. The second-order valence-corrected chi connectivity index (χ2v) is 6.53. The summed E-state index contributed by atoms with van der Waals surface area (Å²) < 4.78 is 0. The molecule has 1 aromatic heterocycles. The molecule has 0 saturated carbocycles. The average molecular weight is 329 g/mol. The molecule has 4 nitrogen and oxygen atoms in total. The van der Waals surface area contributed by atoms with E-state index >= 15 is 0 Å². The fourth-order valence-corrected chi connectivity index (χ4v) is 3.63. The molecule has 2 aromatic carbocycles. The molecule has 0 aliphatic carbocycles. The number of anilines is 1. The standard InChI is InChI=1S/C21H19N3O/c22-13-15-7-9-23-21(11-15)24-10-8-19(20(25)14-24)18-6-5-16-3-1-2-4-17(16)12-18/h1-7,9,11-12,19-20,25H,8,10,14H2/t19-,20+/m1/s1. The number of fused-ring (bicyclic) bond motifs is 1. The normalized spacial score (nSPS) is 20.4. The van der Waals surface area contributed by atoms with Crippen LogP contribution in [-0.4, -0.2) is 29.3 Å². The number of aromatic nitrogens is 1. The lowest BCUT2D eigenvalue weighted by Gasteiger charge is -2.37. The molecule has 0 radical (unpaired) electrons. The fraction of sp³-hybridized carbons (Fsp3) is 0.238. The lowest BCUT2D eigenvalue weighted by Crippen LogP contribution is -2.43. The lowest BCUT2D eigenvalue weighted by atomic mass is 9.86. The Bertz CT molecular complexity index is 947. The molecule has 1 aliphatic rings. The molecule has 1 N–H and O–H groups in total. The monoisotopic (exact) mass is 329 g/mol. The molecule has 3 aromatic rings. The van der Waals surface area contributed by atoms with E-state index in [9.17, 15) is 5.11 Å². The van der Waals surface area contributed by atoms with Crippen LogP contribution in [0.3, 0.4) is 0 Å². The van der Waals surface area contributed by atoms with E-state index in [0.717, 1.165) is 18.8 Å². The Labute approximate surface area is 147 Å². The largest absolute Gasteiger partial charge is 0.391 e. The minimum atomic E-state index is -0.456. The van der Waals surface area contributed by atoms with Crippen molar-refractivity contribution >= 4 is 16.6 Å². The summed E-state index contributed by atoms with van der Waals surface area (Å²) in [6.45, 7) is 1.34. The second kappa shape index (κ2) is 6.54. The van der Waals surface area contributed by atoms with Gasteiger partial charge in [-0.05, 0) is 34.9 Å². The van der Waals surface area contributed by atoms with E-state index in [2.05, 4.69) is 46.3 Å². The number of rotatable bonds is 2. The molecule has 1 aliphatic heterocycles. The van der Waals surface area contributed by atoms with Gasteiger partial charge in [0.05, 0.1) is 17.7 Å². The van der Waals surface area contributed by atoms with Gasteiger partial charge in [0.25, 0.3) is 0 Å². The number of nitriles is 1. The van der Waals surface area contributed by atoms with Gasteiger partial charge in [-0.25, -0.2) is 4.98 Å². The van der Waals surface area contributed by atoms with E-state index in [4.69, 9.17) is 5.26 Å². The smallest absolute Gasteiger partial charge is 0.129 e. The number of β-amino-alcohol motifs (C(OH)–C–C–N with tert-alkyl or cyclic N) is 1. The molecule has 4 rings (SSSR count). The Morgan fingerprint density at radius 1 is 1.08 bits per heavy atom. The zero-order valence-electron chi connectivity index (χ0n) is 13.8. The predicted molar refractivity (Wildman–Crippen MR) is 98.5 cm³/mol. The summed E-state index contributed by atoms with van der Waals surface area (Å²) in [6.07, 6.45) is 2.05. The van der Waals surface area contributed by atoms with Crippen molar-refractivity contribution in [2.45, 2.75) is 18.4 Å². The molecular weight excluding hydrogens is 310 g/mol. The van der Waals surface area contributed by atoms with Gasteiger partial charge in [0, 0.05) is 25.2 Å². The first-order valence-electron chi connectivity index (χ1n) is 8.52. The van der Waals surface area contributed by atoms with Gasteiger partial charge in [-0.3, -0.25) is 0 Å². The van der Waals surface area contributed by atoms with Crippen molar-refractivity contribution in [1.29, 1.82) is 5.26 Å². The van der Waals surface area contributed by atoms with Crippen LogP contribution in [0.5, 0.6) is 0 Å². The van der Waals surface area contributed by atoms with E-state index < -0.39 is 6.10 Å². The number of aliphatic hydroxyl groups is 1. The minimum Gasteiger partial charge on any atom is -0.391 e. The highest BCUT2D eigenvalue weighted by Gasteiger charge is 2.29. The molecule has 0 amide bonds. The van der Waals surface area contributed by atoms with Crippen molar-refractivity contribution < 1.29 is 5.11 Å². The van der Waals surface area contributed by atoms with E-state index in [1.807, 2.05) is 12.1 Å². The molecule has 25 heavy (non-hydrogen) atoms. The first kappa shape index (κ1) is 15.6. The van der Waals surface area contributed by atoms with E-state index in [1.165, 1.54) is 16.3 Å². The highest BCUT2D eigenvalue weighted by atomic mass is 16.3. The van der Waals surface area contributed by atoms with Crippen molar-refractivity contribution in [2.24, 2.45) is 0 Å². The topological polar surface area (TPSA) is 60.2 Å². The van der Waals surface area contributed by atoms with Gasteiger partial charge >= 0.3 is 0 Å². The van der Waals surface area contributed by atoms with Gasteiger partial charge in [0.1, 0.15) is 5.82 Å². The molecule has 0 spiro atoms. The summed E-state index contributed by atoms with van der Waals surface area (Å²) in [5.74, 6) is 0.884. The van der Waals surface area contributed by atoms with Crippen LogP contribution >= 0.6 is 0 Å². The van der Waals surface area contributed by atoms with Gasteiger partial charge in [-0.1, -0.05) is 42.5 Å². The van der Waals surface area contributed by atoms with Gasteiger partial charge < -0.3 is 10.0 Å². The van der Waals surface area contributed by atoms with Crippen molar-refractivity contribution in [3.8, 4) is 6.07 Å². The van der Waals surface area contributed by atoms with Crippen LogP contribution in [0.25, 0.3) is 10.8 Å². The van der Waals surface area contributed by atoms with Gasteiger partial charge in [0.15, 0.2) is 0 Å². The Morgan fingerprint density at radius 3 is 2.72 bits per heavy atom. The highest BCUT2D eigenvalue weighted by molar-refractivity contribution is 5.83. The van der Waals surface area contributed by atoms with E-state index in [-0.39, 0.29) is 5.92 Å². The maximum absolute atomic E-state index is 10.7. The van der Waals surface area contributed by atoms with Crippen LogP contribution in [0.1, 0.15) is 23.5 Å². The maximum atomic E-state index is 10.7. The quantitative estimate of drug-likeness (QED) is 0.782. The second-order valence-electron chi connectivity index (χ2n) is 6.53. The third-order valence-electron chi connectivity index (χ3n) is 4.98. The Morgan fingerprint density at radius 2 is 1.92 bits per heavy atom. The Kier molecular flexibility index (Phi) is 4.09. The van der Waals surface area contributed by atoms with Gasteiger partial charge in [0.2, 0.25) is 0 Å². The van der Waals surface area contributed by atoms with E-state index in [1.54, 1.807) is 18.3 Å². The zero-order chi connectivity index (χ0) is 17.2. The van der Waals surface area contributed by atoms with Gasteiger partial charge in [-0.2, -0.15) is 5.26 Å². The first-order chi connectivity index (χ1) is 12.2. The molecule has 2 heterocycles. The number of benzene rings is 2. The van der Waals surface area contributed by atoms with Crippen LogP contribution in [0, 0.1) is 11.3 Å². The number of hydrogen-bond donors (Lipinski definition) is 1. The third kappa shape index (κ3) is 3.07. The Hall–Kier alpha value is -2.90. The predicted octanol–water partition coefficient (Wildman–Crippen LogP) is 3.46. The minimum absolute atomic E-state index is 0.125. The summed E-state index contributed by atoms with van der Waals surface area (Å²) in [7, 11) is 0. The maximum Gasteiger partial charge on any atom is 0.129 e. The lowest BCUT2D eigenvalue weighted by molar-refractivity contribution is 0.129. The zero-order valence-corrected chi connectivity index (χ0v) is 13.8. The summed E-state index contributed by atoms with van der Waals surface area (Å²) >= 11 is 0. The number of piperidine rings is 1. The fourth-order valence-electron chi connectivity index (χ4n) is 3.63. The highest BCUT2D eigenvalue weighted by Crippen LogP contribution is 2.32. The van der Waals surface area contributed by atoms with Crippen molar-refractivity contribution in [2.75, 3.05) is 18.0 Å². The number of nitrogens with zero attached hydrogens (tertiary/aromatic N) is 3. The van der Waals surface area contributed by atoms with Crippen LogP contribution < -0.4 is 4.90 Å². The molecular formula is C21H19N3O. The van der Waals surface area contributed by atoms with Crippen LogP contribution in [0.4, 0.5) is 5.82 Å². The molecule has 124 valence electrons. The SMILES string of the molecule is N#Cc1ccnc(N2CC[C@H](c3ccc4ccccc4c3)[C@@H](O)C2)c1. The van der Waals surface area contributed by atoms with Gasteiger partial charge in [-0.15, -0.1) is 0 Å². The first-order valence-corrected chi connectivity index (χ1v) is 8.52. The third-order valence-corrected chi connectivity index (χ3v) is 4.98. The average Bonchev–Trinajstić information content (AvgIpc) is 2.67. The summed E-state index contributed by atoms with van der Waals surface area (Å²) in [5.41, 5.74) is 1.78. The molecule has 2 atom stereocenters. The number of hydrogen-bond acceptors (Lipinski definition) is 4. The summed E-state index contributed by atoms with van der Waals surface area (Å²) in [6, 6.07) is 20.3. The van der Waals surface area contributed by atoms with Crippen molar-refractivity contribution in [3.63, 3.8) is 0 Å². The molecule has 0 bridgehead atoms. The molecule has 1 fully saturated rings.